The molecule has 1 heterocycles. The summed E-state index contributed by atoms with van der Waals surface area (Å²) in [6.07, 6.45) is 24.5. The summed E-state index contributed by atoms with van der Waals surface area (Å²) in [6.45, 7) is 5.89. The molecule has 0 aliphatic rings. The van der Waals surface area contributed by atoms with Crippen LogP contribution >= 0.6 is 0 Å². The van der Waals surface area contributed by atoms with Crippen molar-refractivity contribution in [2.75, 3.05) is 52.5 Å². The molecule has 43 heavy (non-hydrogen) atoms. The summed E-state index contributed by atoms with van der Waals surface area (Å²) < 4.78 is 55.6. The van der Waals surface area contributed by atoms with Gasteiger partial charge in [0.25, 0.3) is 10.1 Å². The Morgan fingerprint density at radius 3 is 1.72 bits per heavy atom. The zero-order chi connectivity index (χ0) is 31.3. The molecule has 0 saturated heterocycles. The third kappa shape index (κ3) is 26.7. The molecular formula is C32H60N2O8S. The fourth-order valence-electron chi connectivity index (χ4n) is 4.55. The van der Waals surface area contributed by atoms with E-state index in [4.69, 9.17) is 23.7 Å². The van der Waals surface area contributed by atoms with Crippen molar-refractivity contribution in [2.24, 2.45) is 0 Å². The van der Waals surface area contributed by atoms with Gasteiger partial charge in [-0.25, -0.2) is 9.97 Å². The normalized spacial score (nSPS) is 13.3. The Kier molecular flexibility index (Phi) is 25.9. The molecule has 1 aromatic heterocycles. The van der Waals surface area contributed by atoms with Crippen LogP contribution in [0.3, 0.4) is 0 Å². The molecule has 10 nitrogen and oxygen atoms in total. The number of rotatable bonds is 32. The van der Waals surface area contributed by atoms with Crippen LogP contribution in [0.1, 0.15) is 117 Å². The van der Waals surface area contributed by atoms with Gasteiger partial charge in [0.15, 0.2) is 6.29 Å². The van der Waals surface area contributed by atoms with Crippen LogP contribution < -0.4 is 4.74 Å². The zero-order valence-electron chi connectivity index (χ0n) is 27.2. The van der Waals surface area contributed by atoms with E-state index < -0.39 is 22.5 Å². The molecule has 252 valence electrons. The first kappa shape index (κ1) is 39.7. The molecule has 1 aromatic rings. The first-order valence-electron chi connectivity index (χ1n) is 16.6. The van der Waals surface area contributed by atoms with Gasteiger partial charge < -0.3 is 23.7 Å². The highest BCUT2D eigenvalue weighted by atomic mass is 32.2. The number of nitrogens with zero attached hydrogens (tertiary/aromatic N) is 2. The number of hydrogen-bond acceptors (Lipinski definition) is 10. The molecule has 0 saturated carbocycles. The van der Waals surface area contributed by atoms with Gasteiger partial charge >= 0.3 is 6.01 Å². The number of aromatic nitrogens is 2. The summed E-state index contributed by atoms with van der Waals surface area (Å²) in [6, 6.07) is 1.98. The third-order valence-electron chi connectivity index (χ3n) is 6.86. The number of hydrogen-bond donors (Lipinski definition) is 0. The van der Waals surface area contributed by atoms with E-state index >= 15 is 0 Å². The molecule has 1 rings (SSSR count). The lowest BCUT2D eigenvalue weighted by atomic mass is 10.0. The van der Waals surface area contributed by atoms with Gasteiger partial charge in [0.1, 0.15) is 6.10 Å². The first-order valence-corrected chi connectivity index (χ1v) is 18.4. The van der Waals surface area contributed by atoms with Gasteiger partial charge in [-0.3, -0.25) is 4.18 Å². The summed E-state index contributed by atoms with van der Waals surface area (Å²) in [5.74, 6) is 0. The third-order valence-corrected chi connectivity index (χ3v) is 7.45. The molecule has 0 aliphatic heterocycles. The van der Waals surface area contributed by atoms with Crippen molar-refractivity contribution >= 4 is 10.1 Å². The van der Waals surface area contributed by atoms with Crippen LogP contribution in [0.25, 0.3) is 0 Å². The van der Waals surface area contributed by atoms with Gasteiger partial charge in [0, 0.05) is 25.6 Å². The first-order chi connectivity index (χ1) is 20.9. The Morgan fingerprint density at radius 2 is 1.19 bits per heavy atom. The lowest BCUT2D eigenvalue weighted by Gasteiger charge is -2.22. The highest BCUT2D eigenvalue weighted by Crippen LogP contribution is 2.14. The van der Waals surface area contributed by atoms with Crippen molar-refractivity contribution in [1.82, 2.24) is 9.97 Å². The molecule has 0 N–H and O–H groups in total. The lowest BCUT2D eigenvalue weighted by molar-refractivity contribution is -0.184. The predicted molar refractivity (Wildman–Crippen MR) is 170 cm³/mol. The highest BCUT2D eigenvalue weighted by molar-refractivity contribution is 7.85. The van der Waals surface area contributed by atoms with Crippen LogP contribution in [-0.4, -0.2) is 83.3 Å². The molecule has 0 aromatic carbocycles. The topological polar surface area (TPSA) is 115 Å². The Labute approximate surface area is 262 Å². The van der Waals surface area contributed by atoms with Crippen molar-refractivity contribution in [3.05, 3.63) is 18.5 Å². The van der Waals surface area contributed by atoms with Crippen LogP contribution in [0.15, 0.2) is 18.5 Å². The van der Waals surface area contributed by atoms with Crippen LogP contribution in [0.4, 0.5) is 0 Å². The average Bonchev–Trinajstić information content (AvgIpc) is 2.98. The molecule has 0 bridgehead atoms. The molecule has 2 atom stereocenters. The molecule has 0 radical (unpaired) electrons. The maximum absolute atomic E-state index is 11.1. The van der Waals surface area contributed by atoms with Crippen molar-refractivity contribution in [2.45, 2.75) is 129 Å². The van der Waals surface area contributed by atoms with Crippen molar-refractivity contribution < 1.29 is 36.3 Å². The zero-order valence-corrected chi connectivity index (χ0v) is 28.0. The van der Waals surface area contributed by atoms with E-state index in [2.05, 4.69) is 21.1 Å². The van der Waals surface area contributed by atoms with Gasteiger partial charge in [-0.15, -0.1) is 0 Å². The summed E-state index contributed by atoms with van der Waals surface area (Å²) in [7, 11) is -3.50. The SMILES string of the molecule is CCCCCCCCCCCCCCCCCCOCC(COC(COCCOS(C)(=O)=O)OCC)Oc1ncccn1. The van der Waals surface area contributed by atoms with Crippen molar-refractivity contribution in [3.8, 4) is 6.01 Å². The van der Waals surface area contributed by atoms with Crippen molar-refractivity contribution in [3.63, 3.8) is 0 Å². The van der Waals surface area contributed by atoms with Gasteiger partial charge in [0.2, 0.25) is 0 Å². The maximum atomic E-state index is 11.1. The summed E-state index contributed by atoms with van der Waals surface area (Å²) in [5, 5.41) is 0. The van der Waals surface area contributed by atoms with Gasteiger partial charge in [-0.05, 0) is 19.4 Å². The monoisotopic (exact) mass is 632 g/mol. The van der Waals surface area contributed by atoms with E-state index in [0.717, 1.165) is 19.1 Å². The van der Waals surface area contributed by atoms with Crippen LogP contribution in [0.2, 0.25) is 0 Å². The molecule has 2 unspecified atom stereocenters. The molecule has 0 amide bonds. The molecule has 0 aliphatic carbocycles. The van der Waals surface area contributed by atoms with Crippen LogP contribution in [-0.2, 0) is 33.2 Å². The number of unbranched alkanes of at least 4 members (excludes halogenated alkanes) is 15. The van der Waals surface area contributed by atoms with Gasteiger partial charge in [-0.2, -0.15) is 8.42 Å². The highest BCUT2D eigenvalue weighted by Gasteiger charge is 2.18. The minimum atomic E-state index is -3.50. The maximum Gasteiger partial charge on any atom is 0.316 e. The largest absolute Gasteiger partial charge is 0.455 e. The smallest absolute Gasteiger partial charge is 0.316 e. The Bertz CT molecular complexity index is 832. The second kappa shape index (κ2) is 28.1. The van der Waals surface area contributed by atoms with E-state index in [1.165, 1.54) is 89.9 Å². The van der Waals surface area contributed by atoms with E-state index in [1.807, 2.05) is 6.92 Å². The number of ether oxygens (including phenoxy) is 5. The fraction of sp³-hybridized carbons (Fsp3) is 0.875. The van der Waals surface area contributed by atoms with E-state index in [1.54, 1.807) is 18.5 Å². The minimum Gasteiger partial charge on any atom is -0.455 e. The van der Waals surface area contributed by atoms with E-state index in [9.17, 15) is 8.42 Å². The second-order valence-corrected chi connectivity index (χ2v) is 12.6. The lowest BCUT2D eigenvalue weighted by Crippen LogP contribution is -2.34. The minimum absolute atomic E-state index is 0.0675. The Balaban J connectivity index is 2.17. The van der Waals surface area contributed by atoms with Crippen LogP contribution in [0, 0.1) is 0 Å². The Morgan fingerprint density at radius 1 is 0.651 bits per heavy atom. The predicted octanol–water partition coefficient (Wildman–Crippen LogP) is 6.87. The molecule has 11 heteroatoms. The average molecular weight is 633 g/mol. The summed E-state index contributed by atoms with van der Waals surface area (Å²) in [5.41, 5.74) is 0. The van der Waals surface area contributed by atoms with Crippen LogP contribution in [0.5, 0.6) is 6.01 Å². The van der Waals surface area contributed by atoms with Gasteiger partial charge in [-0.1, -0.05) is 103 Å². The van der Waals surface area contributed by atoms with E-state index in [-0.39, 0.29) is 32.4 Å². The second-order valence-electron chi connectivity index (χ2n) is 11.0. The van der Waals surface area contributed by atoms with Crippen molar-refractivity contribution in [1.29, 1.82) is 0 Å². The molecule has 0 spiro atoms. The van der Waals surface area contributed by atoms with E-state index in [0.29, 0.717) is 19.8 Å². The quantitative estimate of drug-likeness (QED) is 0.0473. The fourth-order valence-corrected chi connectivity index (χ4v) is 4.92. The molecular weight excluding hydrogens is 572 g/mol. The van der Waals surface area contributed by atoms with Gasteiger partial charge in [0.05, 0.1) is 39.3 Å². The Hall–Kier alpha value is -1.37. The standard InChI is InChI=1S/C32H60N2O8S/c1-4-6-7-8-9-10-11-12-13-14-15-16-17-18-19-20-24-37-27-30(42-32-33-22-21-23-34-32)28-40-31(39-5-2)29-38-25-26-41-43(3,35)36/h21-23,30-31H,4-20,24-29H2,1-3H3. The summed E-state index contributed by atoms with van der Waals surface area (Å²) >= 11 is 0. The summed E-state index contributed by atoms with van der Waals surface area (Å²) in [4.78, 5) is 8.28. The molecule has 0 fully saturated rings.